The average molecular weight is 407 g/mol. The van der Waals surface area contributed by atoms with Gasteiger partial charge in [0, 0.05) is 10.9 Å². The van der Waals surface area contributed by atoms with Crippen molar-refractivity contribution in [2.45, 2.75) is 38.9 Å². The summed E-state index contributed by atoms with van der Waals surface area (Å²) in [6, 6.07) is 6.38. The van der Waals surface area contributed by atoms with Crippen molar-refractivity contribution in [3.63, 3.8) is 0 Å². The van der Waals surface area contributed by atoms with Gasteiger partial charge in [0.25, 0.3) is 0 Å². The lowest BCUT2D eigenvalue weighted by molar-refractivity contribution is 0.950. The fraction of sp³-hybridized carbons (Fsp3) is 0.533. The Morgan fingerprint density at radius 3 is 2.30 bits per heavy atom. The van der Waals surface area contributed by atoms with Gasteiger partial charge in [0.1, 0.15) is 0 Å². The Bertz CT molecular complexity index is 413. The molecule has 114 valence electrons. The smallest absolute Gasteiger partial charge is 0.193 e. The molecule has 0 aromatic heterocycles. The van der Waals surface area contributed by atoms with Gasteiger partial charge in [-0.25, -0.2) is 0 Å². The minimum Gasteiger partial charge on any atom is -0.370 e. The van der Waals surface area contributed by atoms with E-state index < -0.39 is 0 Å². The number of guanidine groups is 1. The van der Waals surface area contributed by atoms with Gasteiger partial charge in [-0.1, -0.05) is 39.0 Å². The van der Waals surface area contributed by atoms with Crippen molar-refractivity contribution in [2.24, 2.45) is 10.7 Å². The highest BCUT2D eigenvalue weighted by atomic mass is 127. The topological polar surface area (TPSA) is 50.4 Å². The molecular formula is C15H26IN3S. The summed E-state index contributed by atoms with van der Waals surface area (Å²) in [5.41, 5.74) is 9.69. The van der Waals surface area contributed by atoms with Crippen molar-refractivity contribution >= 4 is 47.4 Å². The molecule has 0 aliphatic carbocycles. The lowest BCUT2D eigenvalue weighted by atomic mass is 10.0. The zero-order valence-corrected chi connectivity index (χ0v) is 15.9. The van der Waals surface area contributed by atoms with E-state index in [2.05, 4.69) is 55.5 Å². The molecule has 0 amide bonds. The number of nitrogens with two attached hydrogens (primary N) is 1. The number of aryl methyl sites for hydroxylation is 2. The van der Waals surface area contributed by atoms with Gasteiger partial charge in [-0.2, -0.15) is 11.8 Å². The van der Waals surface area contributed by atoms with Crippen LogP contribution in [0, 0.1) is 0 Å². The third kappa shape index (κ3) is 5.91. The molecule has 3 N–H and O–H groups in total. The molecule has 0 saturated heterocycles. The van der Waals surface area contributed by atoms with E-state index in [1.165, 1.54) is 11.1 Å². The quantitative estimate of drug-likeness (QED) is 0.427. The molecule has 0 radical (unpaired) electrons. The lowest BCUT2D eigenvalue weighted by Gasteiger charge is -2.15. The molecule has 1 atom stereocenters. The van der Waals surface area contributed by atoms with Crippen LogP contribution >= 0.6 is 35.7 Å². The number of anilines is 1. The van der Waals surface area contributed by atoms with E-state index in [1.54, 1.807) is 11.8 Å². The Morgan fingerprint density at radius 1 is 1.30 bits per heavy atom. The number of nitrogens with zero attached hydrogens (tertiary/aromatic N) is 1. The largest absolute Gasteiger partial charge is 0.370 e. The third-order valence-electron chi connectivity index (χ3n) is 3.17. The second kappa shape index (κ2) is 10.3. The molecule has 0 heterocycles. The molecule has 0 bridgehead atoms. The summed E-state index contributed by atoms with van der Waals surface area (Å²) in [5, 5.41) is 3.77. The first-order chi connectivity index (χ1) is 9.12. The Kier molecular flexibility index (Phi) is 10.1. The van der Waals surface area contributed by atoms with E-state index >= 15 is 0 Å². The fourth-order valence-corrected chi connectivity index (χ4v) is 2.10. The first kappa shape index (κ1) is 19.6. The van der Waals surface area contributed by atoms with E-state index in [-0.39, 0.29) is 24.0 Å². The van der Waals surface area contributed by atoms with Crippen molar-refractivity contribution in [2.75, 3.05) is 18.1 Å². The van der Waals surface area contributed by atoms with E-state index in [1.807, 2.05) is 0 Å². The second-order valence-electron chi connectivity index (χ2n) is 4.56. The summed E-state index contributed by atoms with van der Waals surface area (Å²) >= 11 is 1.80. The standard InChI is InChI=1S/C15H25N3S.HI/c1-5-12-8-7-9-13(6-2)14(12)18-15(16)17-10-11(3)19-4;/h7-9,11H,5-6,10H2,1-4H3,(H3,16,17,18);1H. The van der Waals surface area contributed by atoms with Gasteiger partial charge in [0.05, 0.1) is 6.54 Å². The van der Waals surface area contributed by atoms with Gasteiger partial charge in [-0.05, 0) is 30.2 Å². The van der Waals surface area contributed by atoms with Gasteiger partial charge in [0.15, 0.2) is 5.96 Å². The first-order valence-corrected chi connectivity index (χ1v) is 8.11. The summed E-state index contributed by atoms with van der Waals surface area (Å²) in [5.74, 6) is 0.511. The zero-order valence-electron chi connectivity index (χ0n) is 12.8. The molecule has 1 aromatic rings. The molecule has 1 aromatic carbocycles. The van der Waals surface area contributed by atoms with Gasteiger partial charge in [-0.15, -0.1) is 24.0 Å². The van der Waals surface area contributed by atoms with Crippen LogP contribution in [0.5, 0.6) is 0 Å². The highest BCUT2D eigenvalue weighted by Crippen LogP contribution is 2.22. The van der Waals surface area contributed by atoms with Crippen LogP contribution in [0.4, 0.5) is 5.69 Å². The van der Waals surface area contributed by atoms with Crippen molar-refractivity contribution in [1.82, 2.24) is 0 Å². The van der Waals surface area contributed by atoms with Gasteiger partial charge in [0.2, 0.25) is 0 Å². The van der Waals surface area contributed by atoms with Crippen molar-refractivity contribution in [3.05, 3.63) is 29.3 Å². The number of hydrogen-bond donors (Lipinski definition) is 2. The summed E-state index contributed by atoms with van der Waals surface area (Å²) in [6.45, 7) is 7.21. The molecular weight excluding hydrogens is 381 g/mol. The lowest BCUT2D eigenvalue weighted by Crippen LogP contribution is -2.25. The number of thioether (sulfide) groups is 1. The molecule has 5 heteroatoms. The fourth-order valence-electron chi connectivity index (χ4n) is 1.87. The summed E-state index contributed by atoms with van der Waals surface area (Å²) in [4.78, 5) is 4.40. The van der Waals surface area contributed by atoms with Crippen molar-refractivity contribution < 1.29 is 0 Å². The molecule has 1 rings (SSSR count). The van der Waals surface area contributed by atoms with Crippen LogP contribution in [0.1, 0.15) is 31.9 Å². The van der Waals surface area contributed by atoms with Crippen molar-refractivity contribution in [1.29, 1.82) is 0 Å². The summed E-state index contributed by atoms with van der Waals surface area (Å²) in [6.07, 6.45) is 4.07. The van der Waals surface area contributed by atoms with Gasteiger partial charge in [-0.3, -0.25) is 4.99 Å². The molecule has 0 spiro atoms. The maximum Gasteiger partial charge on any atom is 0.193 e. The highest BCUT2D eigenvalue weighted by Gasteiger charge is 2.07. The highest BCUT2D eigenvalue weighted by molar-refractivity contribution is 14.0. The molecule has 0 saturated carbocycles. The monoisotopic (exact) mass is 407 g/mol. The van der Waals surface area contributed by atoms with E-state index in [0.717, 1.165) is 25.1 Å². The number of rotatable bonds is 6. The maximum atomic E-state index is 5.99. The average Bonchev–Trinajstić information content (AvgIpc) is 2.44. The molecule has 0 aliphatic heterocycles. The molecule has 20 heavy (non-hydrogen) atoms. The third-order valence-corrected chi connectivity index (χ3v) is 4.13. The van der Waals surface area contributed by atoms with Gasteiger partial charge < -0.3 is 11.1 Å². The van der Waals surface area contributed by atoms with Crippen LogP contribution in [0.2, 0.25) is 0 Å². The Morgan fingerprint density at radius 2 is 1.85 bits per heavy atom. The van der Waals surface area contributed by atoms with Crippen LogP contribution in [-0.2, 0) is 12.8 Å². The van der Waals surface area contributed by atoms with Crippen molar-refractivity contribution in [3.8, 4) is 0 Å². The van der Waals surface area contributed by atoms with E-state index in [4.69, 9.17) is 5.73 Å². The molecule has 1 unspecified atom stereocenters. The first-order valence-electron chi connectivity index (χ1n) is 6.82. The summed E-state index contributed by atoms with van der Waals surface area (Å²) in [7, 11) is 0. The van der Waals surface area contributed by atoms with E-state index in [9.17, 15) is 0 Å². The minimum absolute atomic E-state index is 0. The predicted molar refractivity (Wildman–Crippen MR) is 104 cm³/mol. The number of aliphatic imine (C=N–C) groups is 1. The minimum atomic E-state index is 0. The number of hydrogen-bond acceptors (Lipinski definition) is 2. The Labute approximate surface area is 144 Å². The SMILES string of the molecule is CCc1cccc(CC)c1NC(N)=NCC(C)SC.I. The van der Waals surface area contributed by atoms with Crippen LogP contribution < -0.4 is 11.1 Å². The number of benzene rings is 1. The Hall–Kier alpha value is -0.430. The van der Waals surface area contributed by atoms with E-state index in [0.29, 0.717) is 11.2 Å². The van der Waals surface area contributed by atoms with Crippen LogP contribution in [0.15, 0.2) is 23.2 Å². The number of halogens is 1. The number of para-hydroxylation sites is 1. The molecule has 0 aliphatic rings. The molecule has 0 fully saturated rings. The maximum absolute atomic E-state index is 5.99. The predicted octanol–water partition coefficient (Wildman–Crippen LogP) is 3.91. The van der Waals surface area contributed by atoms with Gasteiger partial charge >= 0.3 is 0 Å². The Balaban J connectivity index is 0.00000361. The van der Waals surface area contributed by atoms with Crippen LogP contribution in [-0.4, -0.2) is 24.0 Å². The normalized spacial score (nSPS) is 12.7. The van der Waals surface area contributed by atoms with Crippen LogP contribution in [0.3, 0.4) is 0 Å². The zero-order chi connectivity index (χ0) is 14.3. The molecule has 3 nitrogen and oxygen atoms in total. The number of nitrogens with one attached hydrogen (secondary N) is 1. The summed E-state index contributed by atoms with van der Waals surface area (Å²) < 4.78 is 0. The van der Waals surface area contributed by atoms with Crippen LogP contribution in [0.25, 0.3) is 0 Å². The second-order valence-corrected chi connectivity index (χ2v) is 5.83.